The van der Waals surface area contributed by atoms with Gasteiger partial charge in [0.05, 0.1) is 19.3 Å². The third-order valence-corrected chi connectivity index (χ3v) is 2.71. The summed E-state index contributed by atoms with van der Waals surface area (Å²) in [5.74, 6) is 0. The van der Waals surface area contributed by atoms with E-state index >= 15 is 0 Å². The molecule has 1 heterocycles. The Bertz CT molecular complexity index is 312. The fourth-order valence-corrected chi connectivity index (χ4v) is 1.76. The van der Waals surface area contributed by atoms with Gasteiger partial charge >= 0.3 is 0 Å². The summed E-state index contributed by atoms with van der Waals surface area (Å²) in [6, 6.07) is 8.80. The van der Waals surface area contributed by atoms with Crippen LogP contribution in [0, 0.1) is 0 Å². The molecule has 1 fully saturated rings. The van der Waals surface area contributed by atoms with Gasteiger partial charge in [-0.2, -0.15) is 0 Å². The Labute approximate surface area is 89.2 Å². The molecule has 1 aromatic carbocycles. The molecule has 1 aliphatic heterocycles. The predicted molar refractivity (Wildman–Crippen MR) is 57.6 cm³/mol. The zero-order chi connectivity index (χ0) is 9.97. The van der Waals surface area contributed by atoms with Gasteiger partial charge in [-0.1, -0.05) is 23.7 Å². The summed E-state index contributed by atoms with van der Waals surface area (Å²) in [4.78, 5) is 0. The SMILES string of the molecule is C[C@H](NC1COC1)c1cccc(Cl)c1. The lowest BCUT2D eigenvalue weighted by Crippen LogP contribution is -2.46. The minimum Gasteiger partial charge on any atom is -0.378 e. The van der Waals surface area contributed by atoms with Crippen LogP contribution in [0.25, 0.3) is 0 Å². The van der Waals surface area contributed by atoms with Gasteiger partial charge in [-0.25, -0.2) is 0 Å². The summed E-state index contributed by atoms with van der Waals surface area (Å²) in [7, 11) is 0. The molecular weight excluding hydrogens is 198 g/mol. The zero-order valence-corrected chi connectivity index (χ0v) is 8.92. The van der Waals surface area contributed by atoms with Gasteiger partial charge in [0.15, 0.2) is 0 Å². The van der Waals surface area contributed by atoms with E-state index in [1.54, 1.807) is 0 Å². The lowest BCUT2D eigenvalue weighted by Gasteiger charge is -2.30. The van der Waals surface area contributed by atoms with Crippen LogP contribution in [-0.2, 0) is 4.74 Å². The standard InChI is InChI=1S/C11H14ClNO/c1-8(13-11-6-14-7-11)9-3-2-4-10(12)5-9/h2-5,8,11,13H,6-7H2,1H3/t8-/m0/s1. The molecule has 0 unspecified atom stereocenters. The van der Waals surface area contributed by atoms with Gasteiger partial charge in [-0.05, 0) is 24.6 Å². The summed E-state index contributed by atoms with van der Waals surface area (Å²) in [6.07, 6.45) is 0. The Morgan fingerprint density at radius 1 is 1.50 bits per heavy atom. The fourth-order valence-electron chi connectivity index (χ4n) is 1.56. The van der Waals surface area contributed by atoms with Crippen LogP contribution in [0.15, 0.2) is 24.3 Å². The molecule has 0 saturated carbocycles. The van der Waals surface area contributed by atoms with E-state index in [4.69, 9.17) is 16.3 Å². The van der Waals surface area contributed by atoms with Crippen molar-refractivity contribution in [1.29, 1.82) is 0 Å². The average Bonchev–Trinajstić information content (AvgIpc) is 2.11. The van der Waals surface area contributed by atoms with Crippen LogP contribution >= 0.6 is 11.6 Å². The van der Waals surface area contributed by atoms with Crippen LogP contribution in [0.3, 0.4) is 0 Å². The first-order valence-corrected chi connectivity index (χ1v) is 5.23. The minimum absolute atomic E-state index is 0.336. The molecular formula is C11H14ClNO. The van der Waals surface area contributed by atoms with E-state index in [0.717, 1.165) is 18.2 Å². The van der Waals surface area contributed by atoms with Crippen molar-refractivity contribution in [2.75, 3.05) is 13.2 Å². The van der Waals surface area contributed by atoms with E-state index in [9.17, 15) is 0 Å². The number of rotatable bonds is 3. The maximum atomic E-state index is 5.92. The quantitative estimate of drug-likeness (QED) is 0.829. The first-order chi connectivity index (χ1) is 6.75. The van der Waals surface area contributed by atoms with Crippen LogP contribution in [0.5, 0.6) is 0 Å². The molecule has 0 bridgehead atoms. The van der Waals surface area contributed by atoms with Crippen molar-refractivity contribution in [3.63, 3.8) is 0 Å². The number of ether oxygens (including phenoxy) is 1. The molecule has 76 valence electrons. The van der Waals surface area contributed by atoms with Crippen LogP contribution in [0.4, 0.5) is 0 Å². The average molecular weight is 212 g/mol. The molecule has 14 heavy (non-hydrogen) atoms. The van der Waals surface area contributed by atoms with Crippen molar-refractivity contribution in [2.45, 2.75) is 19.0 Å². The Morgan fingerprint density at radius 2 is 2.29 bits per heavy atom. The lowest BCUT2D eigenvalue weighted by atomic mass is 10.1. The van der Waals surface area contributed by atoms with E-state index in [-0.39, 0.29) is 0 Å². The summed E-state index contributed by atoms with van der Waals surface area (Å²) >= 11 is 5.92. The molecule has 0 aromatic heterocycles. The molecule has 0 amide bonds. The Kier molecular flexibility index (Phi) is 3.06. The van der Waals surface area contributed by atoms with Crippen molar-refractivity contribution in [3.05, 3.63) is 34.9 Å². The Hall–Kier alpha value is -0.570. The Balaban J connectivity index is 1.98. The van der Waals surface area contributed by atoms with Crippen LogP contribution in [0.2, 0.25) is 5.02 Å². The third kappa shape index (κ3) is 2.27. The molecule has 0 radical (unpaired) electrons. The third-order valence-electron chi connectivity index (χ3n) is 2.47. The van der Waals surface area contributed by atoms with Gasteiger partial charge in [0, 0.05) is 11.1 Å². The second kappa shape index (κ2) is 4.30. The second-order valence-corrected chi connectivity index (χ2v) is 4.11. The monoisotopic (exact) mass is 211 g/mol. The molecule has 0 spiro atoms. The van der Waals surface area contributed by atoms with Crippen molar-refractivity contribution in [1.82, 2.24) is 5.32 Å². The molecule has 3 heteroatoms. The smallest absolute Gasteiger partial charge is 0.0643 e. The highest BCUT2D eigenvalue weighted by Crippen LogP contribution is 2.18. The molecule has 1 aromatic rings. The highest BCUT2D eigenvalue weighted by molar-refractivity contribution is 6.30. The van der Waals surface area contributed by atoms with E-state index in [2.05, 4.69) is 18.3 Å². The molecule has 2 nitrogen and oxygen atoms in total. The van der Waals surface area contributed by atoms with Crippen molar-refractivity contribution >= 4 is 11.6 Å². The topological polar surface area (TPSA) is 21.3 Å². The van der Waals surface area contributed by atoms with Crippen molar-refractivity contribution < 1.29 is 4.74 Å². The molecule has 1 atom stereocenters. The van der Waals surface area contributed by atoms with Gasteiger partial charge in [0.1, 0.15) is 0 Å². The summed E-state index contributed by atoms with van der Waals surface area (Å²) in [6.45, 7) is 3.79. The number of hydrogen-bond donors (Lipinski definition) is 1. The highest BCUT2D eigenvalue weighted by Gasteiger charge is 2.20. The van der Waals surface area contributed by atoms with Crippen LogP contribution in [-0.4, -0.2) is 19.3 Å². The van der Waals surface area contributed by atoms with E-state index in [1.165, 1.54) is 5.56 Å². The van der Waals surface area contributed by atoms with E-state index in [1.807, 2.05) is 18.2 Å². The first kappa shape index (κ1) is 9.97. The van der Waals surface area contributed by atoms with Crippen molar-refractivity contribution in [2.24, 2.45) is 0 Å². The summed E-state index contributed by atoms with van der Waals surface area (Å²) in [5.41, 5.74) is 1.23. The second-order valence-electron chi connectivity index (χ2n) is 3.68. The number of benzene rings is 1. The maximum absolute atomic E-state index is 5.92. The van der Waals surface area contributed by atoms with E-state index in [0.29, 0.717) is 12.1 Å². The van der Waals surface area contributed by atoms with Crippen molar-refractivity contribution in [3.8, 4) is 0 Å². The summed E-state index contributed by atoms with van der Waals surface area (Å²) < 4.78 is 5.11. The number of halogens is 1. The molecule has 0 aliphatic carbocycles. The Morgan fingerprint density at radius 3 is 2.86 bits per heavy atom. The maximum Gasteiger partial charge on any atom is 0.0643 e. The largest absolute Gasteiger partial charge is 0.378 e. The molecule has 2 rings (SSSR count). The highest BCUT2D eigenvalue weighted by atomic mass is 35.5. The molecule has 1 N–H and O–H groups in total. The van der Waals surface area contributed by atoms with Gasteiger partial charge in [-0.3, -0.25) is 0 Å². The minimum atomic E-state index is 0.336. The molecule has 1 saturated heterocycles. The number of nitrogens with one attached hydrogen (secondary N) is 1. The normalized spacial score (nSPS) is 19.0. The zero-order valence-electron chi connectivity index (χ0n) is 8.16. The van der Waals surface area contributed by atoms with E-state index < -0.39 is 0 Å². The number of hydrogen-bond acceptors (Lipinski definition) is 2. The van der Waals surface area contributed by atoms with Gasteiger partial charge < -0.3 is 10.1 Å². The van der Waals surface area contributed by atoms with Crippen LogP contribution < -0.4 is 5.32 Å². The first-order valence-electron chi connectivity index (χ1n) is 4.85. The van der Waals surface area contributed by atoms with Crippen LogP contribution in [0.1, 0.15) is 18.5 Å². The fraction of sp³-hybridized carbons (Fsp3) is 0.455. The summed E-state index contributed by atoms with van der Waals surface area (Å²) in [5, 5.41) is 4.27. The predicted octanol–water partition coefficient (Wildman–Crippen LogP) is 2.39. The van der Waals surface area contributed by atoms with Gasteiger partial charge in [-0.15, -0.1) is 0 Å². The molecule has 1 aliphatic rings. The van der Waals surface area contributed by atoms with Gasteiger partial charge in [0.25, 0.3) is 0 Å². The van der Waals surface area contributed by atoms with Gasteiger partial charge in [0.2, 0.25) is 0 Å². The lowest BCUT2D eigenvalue weighted by molar-refractivity contribution is -0.00925.